The van der Waals surface area contributed by atoms with Crippen LogP contribution in [0.5, 0.6) is 0 Å². The van der Waals surface area contributed by atoms with Crippen LogP contribution in [0.3, 0.4) is 0 Å². The molecule has 4 nitrogen and oxygen atoms in total. The summed E-state index contributed by atoms with van der Waals surface area (Å²) in [5, 5.41) is 0. The van der Waals surface area contributed by atoms with Crippen LogP contribution in [0.4, 0.5) is 0 Å². The Labute approximate surface area is 152 Å². The van der Waals surface area contributed by atoms with E-state index in [0.29, 0.717) is 24.7 Å². The molecule has 0 spiro atoms. The van der Waals surface area contributed by atoms with Gasteiger partial charge in [0, 0.05) is 38.2 Å². The van der Waals surface area contributed by atoms with Gasteiger partial charge in [-0.15, -0.1) is 0 Å². The number of piperidine rings is 2. The molecule has 4 heteroatoms. The fourth-order valence-electron chi connectivity index (χ4n) is 4.71. The molecule has 2 fully saturated rings. The van der Waals surface area contributed by atoms with Crippen LogP contribution in [0, 0.1) is 11.8 Å². The molecular formula is C21H34N2O2. The van der Waals surface area contributed by atoms with Crippen LogP contribution < -0.4 is 0 Å². The maximum absolute atomic E-state index is 12.6. The summed E-state index contributed by atoms with van der Waals surface area (Å²) in [5.74, 6) is 1.81. The summed E-state index contributed by atoms with van der Waals surface area (Å²) < 4.78 is 0. The monoisotopic (exact) mass is 346 g/mol. The Hall–Kier alpha value is -1.32. The maximum Gasteiger partial charge on any atom is 0.226 e. The van der Waals surface area contributed by atoms with Crippen molar-refractivity contribution >= 4 is 11.8 Å². The first kappa shape index (κ1) is 18.5. The quantitative estimate of drug-likeness (QED) is 0.703. The molecule has 2 saturated heterocycles. The number of amides is 2. The van der Waals surface area contributed by atoms with Gasteiger partial charge in [0.25, 0.3) is 0 Å². The van der Waals surface area contributed by atoms with Gasteiger partial charge in [0.2, 0.25) is 11.8 Å². The molecular weight excluding hydrogens is 312 g/mol. The molecule has 2 heterocycles. The van der Waals surface area contributed by atoms with E-state index in [4.69, 9.17) is 0 Å². The van der Waals surface area contributed by atoms with E-state index in [1.807, 2.05) is 4.90 Å². The number of rotatable bonds is 5. The molecule has 0 aromatic heterocycles. The first-order chi connectivity index (χ1) is 12.1. The van der Waals surface area contributed by atoms with E-state index in [0.717, 1.165) is 51.7 Å². The fourth-order valence-corrected chi connectivity index (χ4v) is 4.71. The van der Waals surface area contributed by atoms with Crippen molar-refractivity contribution in [1.29, 1.82) is 0 Å². The van der Waals surface area contributed by atoms with Crippen LogP contribution >= 0.6 is 0 Å². The highest BCUT2D eigenvalue weighted by molar-refractivity contribution is 5.79. The smallest absolute Gasteiger partial charge is 0.226 e. The topological polar surface area (TPSA) is 40.6 Å². The van der Waals surface area contributed by atoms with Gasteiger partial charge in [0.1, 0.15) is 0 Å². The Kier molecular flexibility index (Phi) is 6.55. The van der Waals surface area contributed by atoms with E-state index in [2.05, 4.69) is 17.9 Å². The van der Waals surface area contributed by atoms with Gasteiger partial charge in [-0.2, -0.15) is 0 Å². The van der Waals surface area contributed by atoms with E-state index in [-0.39, 0.29) is 11.8 Å². The first-order valence-electron chi connectivity index (χ1n) is 10.4. The van der Waals surface area contributed by atoms with Crippen molar-refractivity contribution in [3.63, 3.8) is 0 Å². The molecule has 140 valence electrons. The summed E-state index contributed by atoms with van der Waals surface area (Å²) in [7, 11) is 0. The lowest BCUT2D eigenvalue weighted by Crippen LogP contribution is -2.39. The van der Waals surface area contributed by atoms with Gasteiger partial charge in [0.05, 0.1) is 0 Å². The number of carbonyl (C=O) groups excluding carboxylic acids is 2. The van der Waals surface area contributed by atoms with Crippen molar-refractivity contribution in [2.45, 2.75) is 77.6 Å². The second-order valence-corrected chi connectivity index (χ2v) is 8.24. The average Bonchev–Trinajstić information content (AvgIpc) is 2.64. The number of nitrogens with zero attached hydrogens (tertiary/aromatic N) is 2. The normalized spacial score (nSPS) is 26.8. The van der Waals surface area contributed by atoms with Crippen LogP contribution in [-0.4, -0.2) is 41.2 Å². The number of fused-ring (bicyclic) bond motifs is 1. The number of allylic oxidation sites excluding steroid dienone is 2. The molecule has 0 N–H and O–H groups in total. The molecule has 25 heavy (non-hydrogen) atoms. The SMILES string of the molecule is CC1CCCN(C(=O)CCCCC(=O)N2CCCC3CCCC=C32)C1. The van der Waals surface area contributed by atoms with E-state index >= 15 is 0 Å². The summed E-state index contributed by atoms with van der Waals surface area (Å²) in [6.45, 7) is 4.96. The van der Waals surface area contributed by atoms with Crippen molar-refractivity contribution in [1.82, 2.24) is 9.80 Å². The number of hydrogen-bond donors (Lipinski definition) is 0. The maximum atomic E-state index is 12.6. The second kappa shape index (κ2) is 8.86. The molecule has 0 bridgehead atoms. The molecule has 3 aliphatic rings. The van der Waals surface area contributed by atoms with Gasteiger partial charge in [-0.1, -0.05) is 13.0 Å². The van der Waals surface area contributed by atoms with Crippen molar-refractivity contribution in [3.8, 4) is 0 Å². The highest BCUT2D eigenvalue weighted by Gasteiger charge is 2.29. The van der Waals surface area contributed by atoms with Gasteiger partial charge in [0.15, 0.2) is 0 Å². The van der Waals surface area contributed by atoms with E-state index in [1.54, 1.807) is 0 Å². The number of unbranched alkanes of at least 4 members (excludes halogenated alkanes) is 1. The summed E-state index contributed by atoms with van der Waals surface area (Å²) in [4.78, 5) is 29.0. The Morgan fingerprint density at radius 3 is 2.52 bits per heavy atom. The van der Waals surface area contributed by atoms with Crippen LogP contribution in [0.25, 0.3) is 0 Å². The standard InChI is InChI=1S/C21H34N2O2/c1-17-8-6-14-22(16-17)20(24)12-4-5-13-21(25)23-15-7-10-18-9-2-3-11-19(18)23/h11,17-18H,2-10,12-16H2,1H3. The summed E-state index contributed by atoms with van der Waals surface area (Å²) in [6.07, 6.45) is 13.6. The molecule has 2 amide bonds. The molecule has 2 atom stereocenters. The van der Waals surface area contributed by atoms with Gasteiger partial charge in [-0.3, -0.25) is 9.59 Å². The Morgan fingerprint density at radius 2 is 1.72 bits per heavy atom. The highest BCUT2D eigenvalue weighted by atomic mass is 16.2. The third-order valence-corrected chi connectivity index (χ3v) is 6.12. The predicted octanol–water partition coefficient (Wildman–Crippen LogP) is 4.11. The average molecular weight is 347 g/mol. The molecule has 2 aliphatic heterocycles. The zero-order chi connectivity index (χ0) is 17.6. The number of carbonyl (C=O) groups is 2. The molecule has 0 aromatic rings. The minimum atomic E-state index is 0.275. The molecule has 0 aromatic carbocycles. The third-order valence-electron chi connectivity index (χ3n) is 6.12. The minimum Gasteiger partial charge on any atom is -0.342 e. The largest absolute Gasteiger partial charge is 0.342 e. The zero-order valence-electron chi connectivity index (χ0n) is 15.8. The molecule has 2 unspecified atom stereocenters. The fraction of sp³-hybridized carbons (Fsp3) is 0.810. The lowest BCUT2D eigenvalue weighted by Gasteiger charge is -2.38. The lowest BCUT2D eigenvalue weighted by molar-refractivity contribution is -0.134. The van der Waals surface area contributed by atoms with Crippen LogP contribution in [0.2, 0.25) is 0 Å². The van der Waals surface area contributed by atoms with Crippen LogP contribution in [-0.2, 0) is 9.59 Å². The van der Waals surface area contributed by atoms with Crippen molar-refractivity contribution in [3.05, 3.63) is 11.8 Å². The van der Waals surface area contributed by atoms with Crippen molar-refractivity contribution in [2.24, 2.45) is 11.8 Å². The van der Waals surface area contributed by atoms with E-state index in [9.17, 15) is 9.59 Å². The Balaban J connectivity index is 1.39. The van der Waals surface area contributed by atoms with Crippen molar-refractivity contribution < 1.29 is 9.59 Å². The predicted molar refractivity (Wildman–Crippen MR) is 99.8 cm³/mol. The number of hydrogen-bond acceptors (Lipinski definition) is 2. The van der Waals surface area contributed by atoms with Crippen LogP contribution in [0.15, 0.2) is 11.8 Å². The zero-order valence-corrected chi connectivity index (χ0v) is 15.8. The van der Waals surface area contributed by atoms with Crippen LogP contribution in [0.1, 0.15) is 77.6 Å². The summed E-state index contributed by atoms with van der Waals surface area (Å²) in [6, 6.07) is 0. The van der Waals surface area contributed by atoms with E-state index in [1.165, 1.54) is 31.4 Å². The van der Waals surface area contributed by atoms with Gasteiger partial charge >= 0.3 is 0 Å². The third kappa shape index (κ3) is 4.86. The number of likely N-dealkylation sites (tertiary alicyclic amines) is 2. The highest BCUT2D eigenvalue weighted by Crippen LogP contribution is 2.35. The minimum absolute atomic E-state index is 0.275. The summed E-state index contributed by atoms with van der Waals surface area (Å²) >= 11 is 0. The van der Waals surface area contributed by atoms with Gasteiger partial charge in [-0.25, -0.2) is 0 Å². The van der Waals surface area contributed by atoms with Gasteiger partial charge < -0.3 is 9.80 Å². The molecule has 0 saturated carbocycles. The Morgan fingerprint density at radius 1 is 1.00 bits per heavy atom. The van der Waals surface area contributed by atoms with E-state index < -0.39 is 0 Å². The lowest BCUT2D eigenvalue weighted by atomic mass is 9.85. The Bertz CT molecular complexity index is 514. The second-order valence-electron chi connectivity index (χ2n) is 8.24. The molecule has 3 rings (SSSR count). The molecule has 1 aliphatic carbocycles. The van der Waals surface area contributed by atoms with Crippen molar-refractivity contribution in [2.75, 3.05) is 19.6 Å². The summed E-state index contributed by atoms with van der Waals surface area (Å²) in [5.41, 5.74) is 1.31. The van der Waals surface area contributed by atoms with Gasteiger partial charge in [-0.05, 0) is 69.6 Å². The first-order valence-corrected chi connectivity index (χ1v) is 10.4. The molecule has 0 radical (unpaired) electrons.